The number of thiophene rings is 1. The first kappa shape index (κ1) is 13.7. The Balaban J connectivity index is 1.99. The van der Waals surface area contributed by atoms with E-state index in [1.807, 2.05) is 43.5 Å². The second-order valence-electron chi connectivity index (χ2n) is 5.93. The summed E-state index contributed by atoms with van der Waals surface area (Å²) in [7, 11) is 0. The number of rotatable bonds is 2. The number of hydrogen-bond acceptors (Lipinski definition) is 1. The summed E-state index contributed by atoms with van der Waals surface area (Å²) in [6.45, 7) is 0.00896. The summed E-state index contributed by atoms with van der Waals surface area (Å²) in [6, 6.07) is 7.36. The Hall–Kier alpha value is -1.95. The minimum Gasteiger partial charge on any atom is -0.394 e. The summed E-state index contributed by atoms with van der Waals surface area (Å²) in [5.74, 6) is 0.0530. The van der Waals surface area contributed by atoms with Crippen molar-refractivity contribution >= 4 is 30.1 Å². The standard InChI is InChI=1S/C16H15BF2N2S/c1-11(2)14-7-5-12-10-13-6-8-15(16-4-3-9-22-16)21(13)17(18,19)20(12)14/h3-11H,1-2H3. The number of aromatic nitrogens is 1. The third-order valence-corrected chi connectivity index (χ3v) is 5.11. The van der Waals surface area contributed by atoms with Crippen molar-refractivity contribution in [2.45, 2.75) is 19.8 Å². The first-order chi connectivity index (χ1) is 10.5. The minimum absolute atomic E-state index is 0.0530. The zero-order chi connectivity index (χ0) is 15.5. The molecule has 0 bridgehead atoms. The molecule has 112 valence electrons. The van der Waals surface area contributed by atoms with Crippen LogP contribution < -0.4 is 0 Å². The van der Waals surface area contributed by atoms with E-state index < -0.39 is 6.97 Å². The van der Waals surface area contributed by atoms with Crippen LogP contribution in [0.4, 0.5) is 8.63 Å². The van der Waals surface area contributed by atoms with Crippen molar-refractivity contribution in [1.29, 1.82) is 0 Å². The predicted molar refractivity (Wildman–Crippen MR) is 87.7 cm³/mol. The summed E-state index contributed by atoms with van der Waals surface area (Å²) in [4.78, 5) is 0.864. The fraction of sp³-hybridized carbons (Fsp3) is 0.188. The van der Waals surface area contributed by atoms with Gasteiger partial charge in [-0.25, -0.2) is 0 Å². The van der Waals surface area contributed by atoms with Crippen LogP contribution in [0.15, 0.2) is 47.5 Å². The molecule has 0 atom stereocenters. The third kappa shape index (κ3) is 1.73. The molecule has 0 radical (unpaired) electrons. The van der Waals surface area contributed by atoms with Gasteiger partial charge in [-0.3, -0.25) is 0 Å². The largest absolute Gasteiger partial charge is 0.737 e. The van der Waals surface area contributed by atoms with E-state index >= 15 is 8.63 Å². The van der Waals surface area contributed by atoms with Crippen LogP contribution in [-0.2, 0) is 0 Å². The number of fused-ring (bicyclic) bond motifs is 2. The van der Waals surface area contributed by atoms with Gasteiger partial charge >= 0.3 is 6.97 Å². The van der Waals surface area contributed by atoms with Crippen LogP contribution in [0.2, 0.25) is 0 Å². The Morgan fingerprint density at radius 1 is 1.18 bits per heavy atom. The Labute approximate surface area is 131 Å². The molecule has 6 heteroatoms. The van der Waals surface area contributed by atoms with Gasteiger partial charge < -0.3 is 17.6 Å². The Bertz CT molecular complexity index is 842. The van der Waals surface area contributed by atoms with Gasteiger partial charge in [-0.2, -0.15) is 0 Å². The quantitative estimate of drug-likeness (QED) is 0.729. The van der Waals surface area contributed by atoms with Crippen molar-refractivity contribution in [3.63, 3.8) is 0 Å². The number of halogens is 2. The van der Waals surface area contributed by atoms with Crippen LogP contribution >= 0.6 is 11.3 Å². The summed E-state index contributed by atoms with van der Waals surface area (Å²) in [6.07, 6.45) is 5.40. The maximum atomic E-state index is 15.3. The molecule has 4 rings (SSSR count). The molecular formula is C16H15BF2N2S. The lowest BCUT2D eigenvalue weighted by molar-refractivity contribution is -0.360. The molecule has 0 saturated carbocycles. The van der Waals surface area contributed by atoms with Crippen LogP contribution in [0.1, 0.15) is 36.0 Å². The second kappa shape index (κ2) is 4.52. The molecule has 0 amide bonds. The zero-order valence-electron chi connectivity index (χ0n) is 12.3. The molecule has 2 aromatic rings. The van der Waals surface area contributed by atoms with Crippen molar-refractivity contribution in [3.05, 3.63) is 63.8 Å². The molecule has 0 spiro atoms. The molecule has 0 N–H and O–H groups in total. The smallest absolute Gasteiger partial charge is 0.394 e. The van der Waals surface area contributed by atoms with Gasteiger partial charge in [-0.15, -0.1) is 11.3 Å². The molecule has 2 aliphatic rings. The zero-order valence-corrected chi connectivity index (χ0v) is 13.1. The van der Waals surface area contributed by atoms with Crippen molar-refractivity contribution in [2.75, 3.05) is 0 Å². The summed E-state index contributed by atoms with van der Waals surface area (Å²) in [5, 5.41) is 1.91. The average Bonchev–Trinajstić information content (AvgIpc) is 3.16. The topological polar surface area (TPSA) is 7.94 Å². The van der Waals surface area contributed by atoms with Crippen molar-refractivity contribution in [1.82, 2.24) is 4.48 Å². The predicted octanol–water partition coefficient (Wildman–Crippen LogP) is 4.32. The number of hydrogen-bond donors (Lipinski definition) is 0. The molecule has 22 heavy (non-hydrogen) atoms. The van der Waals surface area contributed by atoms with Crippen molar-refractivity contribution in [2.24, 2.45) is 0 Å². The molecule has 2 aliphatic heterocycles. The van der Waals surface area contributed by atoms with Crippen LogP contribution in [0, 0.1) is 0 Å². The van der Waals surface area contributed by atoms with E-state index in [2.05, 4.69) is 0 Å². The summed E-state index contributed by atoms with van der Waals surface area (Å²) >= 11 is 1.48. The highest BCUT2D eigenvalue weighted by Gasteiger charge is 2.52. The van der Waals surface area contributed by atoms with E-state index in [0.29, 0.717) is 22.8 Å². The molecule has 2 aromatic heterocycles. The van der Waals surface area contributed by atoms with Gasteiger partial charge in [0.25, 0.3) is 0 Å². The fourth-order valence-electron chi connectivity index (χ4n) is 3.25. The van der Waals surface area contributed by atoms with Gasteiger partial charge in [-0.1, -0.05) is 19.9 Å². The van der Waals surface area contributed by atoms with Gasteiger partial charge in [0.15, 0.2) is 11.4 Å². The molecule has 0 fully saturated rings. The highest BCUT2D eigenvalue weighted by molar-refractivity contribution is 7.12. The Morgan fingerprint density at radius 3 is 2.68 bits per heavy atom. The highest BCUT2D eigenvalue weighted by Crippen LogP contribution is 2.35. The van der Waals surface area contributed by atoms with E-state index in [9.17, 15) is 0 Å². The normalized spacial score (nSPS) is 18.7. The van der Waals surface area contributed by atoms with E-state index in [-0.39, 0.29) is 5.92 Å². The Morgan fingerprint density at radius 2 is 2.00 bits per heavy atom. The van der Waals surface area contributed by atoms with Gasteiger partial charge in [0.2, 0.25) is 0 Å². The average molecular weight is 316 g/mol. The lowest BCUT2D eigenvalue weighted by Crippen LogP contribution is -2.51. The van der Waals surface area contributed by atoms with Crippen molar-refractivity contribution in [3.8, 4) is 0 Å². The van der Waals surface area contributed by atoms with E-state index in [0.717, 1.165) is 4.88 Å². The van der Waals surface area contributed by atoms with Gasteiger partial charge in [-0.05, 0) is 35.2 Å². The third-order valence-electron chi connectivity index (χ3n) is 4.21. The van der Waals surface area contributed by atoms with Gasteiger partial charge in [0.05, 0.1) is 4.88 Å². The fourth-order valence-corrected chi connectivity index (χ4v) is 4.00. The monoisotopic (exact) mass is 316 g/mol. The maximum Gasteiger partial charge on any atom is 0.737 e. The first-order valence-electron chi connectivity index (χ1n) is 7.33. The van der Waals surface area contributed by atoms with E-state index in [1.165, 1.54) is 20.3 Å². The summed E-state index contributed by atoms with van der Waals surface area (Å²) < 4.78 is 33.0. The highest BCUT2D eigenvalue weighted by atomic mass is 32.1. The molecular weight excluding hydrogens is 301 g/mol. The first-order valence-corrected chi connectivity index (χ1v) is 8.21. The molecule has 0 saturated heterocycles. The maximum absolute atomic E-state index is 15.3. The molecule has 0 aromatic carbocycles. The minimum atomic E-state index is -3.88. The molecule has 2 nitrogen and oxygen atoms in total. The van der Waals surface area contributed by atoms with Gasteiger partial charge in [0.1, 0.15) is 0 Å². The number of allylic oxidation sites excluding steroid dienone is 2. The van der Waals surface area contributed by atoms with Crippen LogP contribution in [-0.4, -0.2) is 21.6 Å². The lowest BCUT2D eigenvalue weighted by atomic mass is 9.89. The van der Waals surface area contributed by atoms with Crippen molar-refractivity contribution < 1.29 is 13.1 Å². The van der Waals surface area contributed by atoms with E-state index in [4.69, 9.17) is 0 Å². The van der Waals surface area contributed by atoms with Crippen LogP contribution in [0.25, 0.3) is 6.08 Å². The molecule has 0 unspecified atom stereocenters. The Kier molecular flexibility index (Phi) is 2.82. The van der Waals surface area contributed by atoms with E-state index in [1.54, 1.807) is 18.2 Å². The van der Waals surface area contributed by atoms with Crippen LogP contribution in [0.5, 0.6) is 0 Å². The second-order valence-corrected chi connectivity index (χ2v) is 6.88. The van der Waals surface area contributed by atoms with Gasteiger partial charge in [0, 0.05) is 23.9 Å². The lowest BCUT2D eigenvalue weighted by Gasteiger charge is -2.31. The molecule has 4 heterocycles. The number of nitrogens with zero attached hydrogens (tertiary/aromatic N) is 2. The SMILES string of the molecule is CC(C)c1ccc2n1[B-](F)(F)[N+]1=C(c3cccs3)C=CC1=C2. The van der Waals surface area contributed by atoms with Crippen LogP contribution in [0.3, 0.4) is 0 Å². The molecule has 0 aliphatic carbocycles. The summed E-state index contributed by atoms with van der Waals surface area (Å²) in [5.41, 5.74) is 2.40.